The van der Waals surface area contributed by atoms with Gasteiger partial charge in [-0.15, -0.1) is 11.3 Å². The molecule has 0 radical (unpaired) electrons. The Morgan fingerprint density at radius 2 is 2.38 bits per heavy atom. The number of hydrogen-bond acceptors (Lipinski definition) is 4. The third-order valence-electron chi connectivity index (χ3n) is 1.74. The highest BCUT2D eigenvalue weighted by atomic mass is 32.1. The molecule has 4 nitrogen and oxygen atoms in total. The smallest absolute Gasteiger partial charge is 0.118 e. The number of rotatable bonds is 2. The van der Waals surface area contributed by atoms with Gasteiger partial charge in [0.2, 0.25) is 0 Å². The molecule has 5 heteroatoms. The van der Waals surface area contributed by atoms with Crippen LogP contribution in [0.3, 0.4) is 0 Å². The molecule has 68 valence electrons. The first-order valence-corrected chi connectivity index (χ1v) is 4.68. The zero-order valence-electron chi connectivity index (χ0n) is 7.06. The lowest BCUT2D eigenvalue weighted by Gasteiger charge is -2.02. The van der Waals surface area contributed by atoms with E-state index in [0.29, 0.717) is 0 Å². The quantitative estimate of drug-likeness (QED) is 0.758. The monoisotopic (exact) mass is 195 g/mol. The Morgan fingerprint density at radius 1 is 1.54 bits per heavy atom. The summed E-state index contributed by atoms with van der Waals surface area (Å²) in [6.45, 7) is 1.91. The van der Waals surface area contributed by atoms with Crippen molar-refractivity contribution in [3.63, 3.8) is 0 Å². The van der Waals surface area contributed by atoms with Crippen LogP contribution >= 0.6 is 11.3 Å². The lowest BCUT2D eigenvalue weighted by atomic mass is 10.2. The second-order valence-corrected chi connectivity index (χ2v) is 3.98. The SMILES string of the molecule is Cc1ncc(C(O)c2cn[nH]c2)s1. The van der Waals surface area contributed by atoms with Gasteiger partial charge >= 0.3 is 0 Å². The number of aliphatic hydroxyl groups is 1. The number of H-pyrrole nitrogens is 1. The van der Waals surface area contributed by atoms with Gasteiger partial charge in [0.1, 0.15) is 6.10 Å². The molecular weight excluding hydrogens is 186 g/mol. The van der Waals surface area contributed by atoms with Crippen molar-refractivity contribution in [2.24, 2.45) is 0 Å². The Balaban J connectivity index is 2.28. The maximum Gasteiger partial charge on any atom is 0.118 e. The minimum Gasteiger partial charge on any atom is -0.383 e. The first-order valence-electron chi connectivity index (χ1n) is 3.86. The summed E-state index contributed by atoms with van der Waals surface area (Å²) in [4.78, 5) is 4.92. The molecule has 2 aromatic rings. The molecule has 0 fully saturated rings. The molecule has 0 bridgehead atoms. The molecular formula is C8H9N3OS. The number of aromatic amines is 1. The van der Waals surface area contributed by atoms with Crippen LogP contribution in [-0.2, 0) is 0 Å². The van der Waals surface area contributed by atoms with Crippen LogP contribution in [0.1, 0.15) is 21.6 Å². The molecule has 2 N–H and O–H groups in total. The van der Waals surface area contributed by atoms with Gasteiger partial charge in [-0.2, -0.15) is 5.10 Å². The number of aromatic nitrogens is 3. The van der Waals surface area contributed by atoms with Crippen molar-refractivity contribution < 1.29 is 5.11 Å². The van der Waals surface area contributed by atoms with Gasteiger partial charge < -0.3 is 5.11 Å². The number of aliphatic hydroxyl groups excluding tert-OH is 1. The van der Waals surface area contributed by atoms with Crippen molar-refractivity contribution in [2.45, 2.75) is 13.0 Å². The van der Waals surface area contributed by atoms with Crippen LogP contribution in [0.2, 0.25) is 0 Å². The number of hydrogen-bond donors (Lipinski definition) is 2. The van der Waals surface area contributed by atoms with E-state index in [1.165, 1.54) is 11.3 Å². The van der Waals surface area contributed by atoms with E-state index in [9.17, 15) is 5.11 Å². The van der Waals surface area contributed by atoms with Crippen LogP contribution in [0.25, 0.3) is 0 Å². The highest BCUT2D eigenvalue weighted by molar-refractivity contribution is 7.11. The second kappa shape index (κ2) is 3.27. The summed E-state index contributed by atoms with van der Waals surface area (Å²) >= 11 is 1.49. The van der Waals surface area contributed by atoms with E-state index in [1.54, 1.807) is 18.6 Å². The van der Waals surface area contributed by atoms with E-state index >= 15 is 0 Å². The van der Waals surface area contributed by atoms with Crippen LogP contribution in [0.15, 0.2) is 18.6 Å². The van der Waals surface area contributed by atoms with Gasteiger partial charge in [0, 0.05) is 18.0 Å². The van der Waals surface area contributed by atoms with Crippen molar-refractivity contribution in [3.8, 4) is 0 Å². The van der Waals surface area contributed by atoms with Crippen LogP contribution in [-0.4, -0.2) is 20.3 Å². The molecule has 13 heavy (non-hydrogen) atoms. The summed E-state index contributed by atoms with van der Waals surface area (Å²) < 4.78 is 0. The van der Waals surface area contributed by atoms with E-state index in [1.807, 2.05) is 6.92 Å². The fraction of sp³-hybridized carbons (Fsp3) is 0.250. The Labute approximate surface area is 79.3 Å². The lowest BCUT2D eigenvalue weighted by molar-refractivity contribution is 0.224. The molecule has 0 aliphatic rings. The second-order valence-electron chi connectivity index (χ2n) is 2.72. The van der Waals surface area contributed by atoms with E-state index in [4.69, 9.17) is 0 Å². The Morgan fingerprint density at radius 3 is 2.92 bits per heavy atom. The number of nitrogens with one attached hydrogen (secondary N) is 1. The predicted molar refractivity (Wildman–Crippen MR) is 49.5 cm³/mol. The van der Waals surface area contributed by atoms with Gasteiger partial charge in [-0.05, 0) is 6.92 Å². The van der Waals surface area contributed by atoms with Gasteiger partial charge in [-0.1, -0.05) is 0 Å². The van der Waals surface area contributed by atoms with Crippen molar-refractivity contribution in [1.29, 1.82) is 0 Å². The molecule has 1 unspecified atom stereocenters. The fourth-order valence-corrected chi connectivity index (χ4v) is 1.88. The van der Waals surface area contributed by atoms with E-state index < -0.39 is 6.10 Å². The van der Waals surface area contributed by atoms with Gasteiger partial charge in [0.25, 0.3) is 0 Å². The Bertz CT molecular complexity index is 382. The van der Waals surface area contributed by atoms with Crippen molar-refractivity contribution in [1.82, 2.24) is 15.2 Å². The average Bonchev–Trinajstić information content (AvgIpc) is 2.72. The summed E-state index contributed by atoms with van der Waals surface area (Å²) in [6.07, 6.45) is 4.38. The summed E-state index contributed by atoms with van der Waals surface area (Å²) in [6, 6.07) is 0. The first kappa shape index (κ1) is 8.40. The van der Waals surface area contributed by atoms with Crippen LogP contribution in [0.5, 0.6) is 0 Å². The normalized spacial score (nSPS) is 13.1. The highest BCUT2D eigenvalue weighted by Gasteiger charge is 2.13. The number of aryl methyl sites for hydroxylation is 1. The lowest BCUT2D eigenvalue weighted by Crippen LogP contribution is -1.94. The molecule has 0 saturated heterocycles. The van der Waals surface area contributed by atoms with Gasteiger partial charge in [-0.3, -0.25) is 5.10 Å². The maximum absolute atomic E-state index is 9.80. The highest BCUT2D eigenvalue weighted by Crippen LogP contribution is 2.25. The molecule has 0 saturated carbocycles. The van der Waals surface area contributed by atoms with E-state index in [0.717, 1.165) is 15.4 Å². The summed E-state index contributed by atoms with van der Waals surface area (Å²) in [5.41, 5.74) is 0.767. The molecule has 0 amide bonds. The Hall–Kier alpha value is -1.20. The zero-order valence-corrected chi connectivity index (χ0v) is 7.88. The average molecular weight is 195 g/mol. The number of thiazole rings is 1. The molecule has 0 aliphatic carbocycles. The van der Waals surface area contributed by atoms with Gasteiger partial charge in [0.05, 0.1) is 16.1 Å². The zero-order chi connectivity index (χ0) is 9.26. The molecule has 0 aromatic carbocycles. The van der Waals surface area contributed by atoms with Crippen molar-refractivity contribution in [2.75, 3.05) is 0 Å². The third-order valence-corrected chi connectivity index (χ3v) is 2.71. The summed E-state index contributed by atoms with van der Waals surface area (Å²) in [7, 11) is 0. The van der Waals surface area contributed by atoms with Gasteiger partial charge in [0.15, 0.2) is 0 Å². The maximum atomic E-state index is 9.80. The van der Waals surface area contributed by atoms with Crippen LogP contribution < -0.4 is 0 Å². The predicted octanol–water partition coefficient (Wildman–Crippen LogP) is 1.26. The standard InChI is InChI=1S/C8H9N3OS/c1-5-9-4-7(13-5)8(12)6-2-10-11-3-6/h2-4,8,12H,1H3,(H,10,11). The van der Waals surface area contributed by atoms with Gasteiger partial charge in [-0.25, -0.2) is 4.98 Å². The minimum atomic E-state index is -0.607. The molecule has 0 aliphatic heterocycles. The molecule has 0 spiro atoms. The first-order chi connectivity index (χ1) is 6.27. The summed E-state index contributed by atoms with van der Waals surface area (Å²) in [5.74, 6) is 0. The third kappa shape index (κ3) is 1.61. The summed E-state index contributed by atoms with van der Waals surface area (Å²) in [5, 5.41) is 17.2. The largest absolute Gasteiger partial charge is 0.383 e. The van der Waals surface area contributed by atoms with Crippen molar-refractivity contribution in [3.05, 3.63) is 34.0 Å². The topological polar surface area (TPSA) is 61.8 Å². The van der Waals surface area contributed by atoms with Crippen LogP contribution in [0.4, 0.5) is 0 Å². The number of nitrogens with zero attached hydrogens (tertiary/aromatic N) is 2. The van der Waals surface area contributed by atoms with E-state index in [-0.39, 0.29) is 0 Å². The fourth-order valence-electron chi connectivity index (χ4n) is 1.08. The van der Waals surface area contributed by atoms with Crippen LogP contribution in [0, 0.1) is 6.92 Å². The molecule has 2 aromatic heterocycles. The molecule has 2 heterocycles. The minimum absolute atomic E-state index is 0.607. The van der Waals surface area contributed by atoms with E-state index in [2.05, 4.69) is 15.2 Å². The Kier molecular flexibility index (Phi) is 2.12. The molecule has 2 rings (SSSR count). The van der Waals surface area contributed by atoms with Crippen molar-refractivity contribution >= 4 is 11.3 Å². The molecule has 1 atom stereocenters.